The van der Waals surface area contributed by atoms with Gasteiger partial charge in [0.2, 0.25) is 0 Å². The molecule has 0 spiro atoms. The van der Waals surface area contributed by atoms with Gasteiger partial charge in [0, 0.05) is 5.56 Å². The van der Waals surface area contributed by atoms with E-state index in [1.807, 2.05) is 18.2 Å². The largest absolute Gasteiger partial charge is 0.444 e. The molecule has 1 N–H and O–H groups in total. The second kappa shape index (κ2) is 7.34. The van der Waals surface area contributed by atoms with Gasteiger partial charge in [-0.25, -0.2) is 9.31 Å². The first-order valence-corrected chi connectivity index (χ1v) is 9.15. The zero-order chi connectivity index (χ0) is 20.5. The number of aromatic nitrogens is 2. The van der Waals surface area contributed by atoms with E-state index < -0.39 is 11.7 Å². The molecule has 0 aliphatic rings. The van der Waals surface area contributed by atoms with Crippen molar-refractivity contribution in [1.29, 1.82) is 10.5 Å². The van der Waals surface area contributed by atoms with Crippen LogP contribution in [0.3, 0.4) is 0 Å². The maximum absolute atomic E-state index is 12.4. The van der Waals surface area contributed by atoms with Gasteiger partial charge in [0.15, 0.2) is 5.82 Å². The van der Waals surface area contributed by atoms with Crippen molar-refractivity contribution in [2.45, 2.75) is 26.4 Å². The van der Waals surface area contributed by atoms with Gasteiger partial charge in [-0.3, -0.25) is 5.32 Å². The SMILES string of the molecule is CC(C)(C)OC(=O)Nc1c(C#N)c(-c2ccccc2)c(C#N)c2c(Br)cnn12. The summed E-state index contributed by atoms with van der Waals surface area (Å²) >= 11 is 3.40. The lowest BCUT2D eigenvalue weighted by atomic mass is 9.95. The van der Waals surface area contributed by atoms with Crippen molar-refractivity contribution in [3.8, 4) is 23.3 Å². The smallest absolute Gasteiger partial charge is 0.413 e. The first-order valence-electron chi connectivity index (χ1n) is 8.35. The minimum absolute atomic E-state index is 0.122. The van der Waals surface area contributed by atoms with Gasteiger partial charge in [-0.15, -0.1) is 0 Å². The molecule has 0 saturated carbocycles. The molecular formula is C20H16BrN5O2. The molecule has 7 nitrogen and oxygen atoms in total. The second-order valence-electron chi connectivity index (χ2n) is 6.94. The van der Waals surface area contributed by atoms with Gasteiger partial charge in [0.25, 0.3) is 0 Å². The third-order valence-corrected chi connectivity index (χ3v) is 4.40. The Labute approximate surface area is 170 Å². The number of nitrogens with one attached hydrogen (secondary N) is 1. The monoisotopic (exact) mass is 437 g/mol. The molecule has 2 aromatic heterocycles. The highest BCUT2D eigenvalue weighted by atomic mass is 79.9. The Hall–Kier alpha value is -3.36. The van der Waals surface area contributed by atoms with Crippen LogP contribution in [-0.2, 0) is 4.74 Å². The van der Waals surface area contributed by atoms with E-state index in [4.69, 9.17) is 4.74 Å². The van der Waals surface area contributed by atoms with E-state index in [9.17, 15) is 15.3 Å². The average molecular weight is 438 g/mol. The molecule has 1 amide bonds. The Kier molecular flexibility index (Phi) is 5.08. The number of carbonyl (C=O) groups excluding carboxylic acids is 1. The summed E-state index contributed by atoms with van der Waals surface area (Å²) in [5, 5.41) is 26.6. The van der Waals surface area contributed by atoms with E-state index in [1.165, 1.54) is 10.7 Å². The van der Waals surface area contributed by atoms with Gasteiger partial charge in [0.05, 0.1) is 16.2 Å². The van der Waals surface area contributed by atoms with E-state index in [1.54, 1.807) is 32.9 Å². The highest BCUT2D eigenvalue weighted by Crippen LogP contribution is 2.37. The lowest BCUT2D eigenvalue weighted by Gasteiger charge is -2.21. The minimum atomic E-state index is -0.722. The van der Waals surface area contributed by atoms with Crippen LogP contribution in [0.25, 0.3) is 16.6 Å². The summed E-state index contributed by atoms with van der Waals surface area (Å²) < 4.78 is 7.25. The number of nitrogens with zero attached hydrogens (tertiary/aromatic N) is 4. The molecule has 0 unspecified atom stereocenters. The summed E-state index contributed by atoms with van der Waals surface area (Å²) in [7, 11) is 0. The number of ether oxygens (including phenoxy) is 1. The minimum Gasteiger partial charge on any atom is -0.444 e. The van der Waals surface area contributed by atoms with Crippen molar-refractivity contribution in [1.82, 2.24) is 9.61 Å². The van der Waals surface area contributed by atoms with Crippen molar-refractivity contribution in [3.05, 3.63) is 52.1 Å². The van der Waals surface area contributed by atoms with Crippen LogP contribution < -0.4 is 5.32 Å². The third-order valence-electron chi connectivity index (χ3n) is 3.82. The zero-order valence-electron chi connectivity index (χ0n) is 15.4. The number of hydrogen-bond acceptors (Lipinski definition) is 5. The molecule has 28 heavy (non-hydrogen) atoms. The van der Waals surface area contributed by atoms with Crippen molar-refractivity contribution < 1.29 is 9.53 Å². The van der Waals surface area contributed by atoms with E-state index >= 15 is 0 Å². The number of benzene rings is 1. The van der Waals surface area contributed by atoms with Crippen LogP contribution in [0.15, 0.2) is 41.0 Å². The number of halogens is 1. The van der Waals surface area contributed by atoms with Gasteiger partial charge in [-0.2, -0.15) is 15.6 Å². The summed E-state index contributed by atoms with van der Waals surface area (Å²) in [6, 6.07) is 13.4. The van der Waals surface area contributed by atoms with Crippen molar-refractivity contribution in [2.75, 3.05) is 5.32 Å². The Balaban J connectivity index is 2.34. The van der Waals surface area contributed by atoms with Gasteiger partial charge < -0.3 is 4.74 Å². The number of carbonyl (C=O) groups is 1. The molecule has 3 aromatic rings. The molecule has 0 radical (unpaired) electrons. The lowest BCUT2D eigenvalue weighted by Crippen LogP contribution is -2.28. The standard InChI is InChI=1S/C20H16BrN5O2/c1-20(2,3)28-19(27)25-18-14(10-23)16(12-7-5-4-6-8-12)13(9-22)17-15(21)11-24-26(17)18/h4-8,11H,1-3H3,(H,25,27). The molecule has 3 rings (SSSR count). The molecule has 0 aliphatic heterocycles. The topological polar surface area (TPSA) is 103 Å². The van der Waals surface area contributed by atoms with Crippen LogP contribution in [0.4, 0.5) is 10.6 Å². The normalized spacial score (nSPS) is 10.9. The van der Waals surface area contributed by atoms with Crippen LogP contribution in [0, 0.1) is 22.7 Å². The van der Waals surface area contributed by atoms with E-state index in [0.717, 1.165) is 0 Å². The van der Waals surface area contributed by atoms with E-state index in [0.29, 0.717) is 21.1 Å². The van der Waals surface area contributed by atoms with Crippen LogP contribution in [0.1, 0.15) is 31.9 Å². The highest BCUT2D eigenvalue weighted by molar-refractivity contribution is 9.10. The Morgan fingerprint density at radius 1 is 1.18 bits per heavy atom. The fourth-order valence-corrected chi connectivity index (χ4v) is 3.28. The molecule has 140 valence electrons. The molecule has 0 saturated heterocycles. The maximum Gasteiger partial charge on any atom is 0.413 e. The maximum atomic E-state index is 12.4. The van der Waals surface area contributed by atoms with Crippen LogP contribution in [0.5, 0.6) is 0 Å². The van der Waals surface area contributed by atoms with E-state index in [2.05, 4.69) is 38.5 Å². The molecule has 0 bridgehead atoms. The molecule has 2 heterocycles. The summed E-state index contributed by atoms with van der Waals surface area (Å²) in [5.74, 6) is 0.135. The Morgan fingerprint density at radius 2 is 1.82 bits per heavy atom. The molecule has 1 aromatic carbocycles. The Morgan fingerprint density at radius 3 is 2.39 bits per heavy atom. The molecule has 0 aliphatic carbocycles. The summed E-state index contributed by atoms with van der Waals surface area (Å²) in [6.45, 7) is 5.23. The average Bonchev–Trinajstić information content (AvgIpc) is 3.02. The number of hydrogen-bond donors (Lipinski definition) is 1. The number of pyridine rings is 1. The van der Waals surface area contributed by atoms with Crippen LogP contribution >= 0.6 is 15.9 Å². The predicted molar refractivity (Wildman–Crippen MR) is 108 cm³/mol. The molecule has 0 fully saturated rings. The number of rotatable bonds is 2. The molecular weight excluding hydrogens is 422 g/mol. The number of anilines is 1. The van der Waals surface area contributed by atoms with Crippen molar-refractivity contribution >= 4 is 33.4 Å². The first-order chi connectivity index (χ1) is 13.3. The summed E-state index contributed by atoms with van der Waals surface area (Å²) in [5.41, 5.74) is 1.24. The summed E-state index contributed by atoms with van der Waals surface area (Å²) in [6.07, 6.45) is 0.785. The summed E-state index contributed by atoms with van der Waals surface area (Å²) in [4.78, 5) is 12.4. The first kappa shape index (κ1) is 19.4. The highest BCUT2D eigenvalue weighted by Gasteiger charge is 2.26. The molecule has 8 heteroatoms. The second-order valence-corrected chi connectivity index (χ2v) is 7.80. The lowest BCUT2D eigenvalue weighted by molar-refractivity contribution is 0.0635. The van der Waals surface area contributed by atoms with Gasteiger partial charge in [-0.1, -0.05) is 30.3 Å². The van der Waals surface area contributed by atoms with Gasteiger partial charge in [0.1, 0.15) is 28.8 Å². The van der Waals surface area contributed by atoms with Crippen molar-refractivity contribution in [3.63, 3.8) is 0 Å². The van der Waals surface area contributed by atoms with Gasteiger partial charge in [-0.05, 0) is 42.3 Å². The zero-order valence-corrected chi connectivity index (χ0v) is 17.0. The van der Waals surface area contributed by atoms with Crippen LogP contribution in [0.2, 0.25) is 0 Å². The predicted octanol–water partition coefficient (Wildman–Crippen LogP) is 4.85. The fourth-order valence-electron chi connectivity index (χ4n) is 2.82. The number of amides is 1. The quantitative estimate of drug-likeness (QED) is 0.616. The van der Waals surface area contributed by atoms with Crippen molar-refractivity contribution in [2.24, 2.45) is 0 Å². The Bertz CT molecular complexity index is 1150. The van der Waals surface area contributed by atoms with E-state index in [-0.39, 0.29) is 16.9 Å². The third kappa shape index (κ3) is 3.55. The fraction of sp³-hybridized carbons (Fsp3) is 0.200. The molecule has 0 atom stereocenters. The number of fused-ring (bicyclic) bond motifs is 1. The van der Waals surface area contributed by atoms with Gasteiger partial charge >= 0.3 is 6.09 Å². The van der Waals surface area contributed by atoms with Crippen LogP contribution in [-0.4, -0.2) is 21.3 Å². The number of nitriles is 2.